The summed E-state index contributed by atoms with van der Waals surface area (Å²) in [7, 11) is 0. The van der Waals surface area contributed by atoms with Crippen LogP contribution in [0.25, 0.3) is 0 Å². The number of aryl methyl sites for hydroxylation is 1. The zero-order valence-electron chi connectivity index (χ0n) is 17.2. The van der Waals surface area contributed by atoms with Crippen LogP contribution in [0.3, 0.4) is 0 Å². The van der Waals surface area contributed by atoms with Crippen LogP contribution >= 0.6 is 11.8 Å². The van der Waals surface area contributed by atoms with E-state index in [-0.39, 0.29) is 22.8 Å². The van der Waals surface area contributed by atoms with Crippen molar-refractivity contribution in [3.63, 3.8) is 0 Å². The van der Waals surface area contributed by atoms with E-state index >= 15 is 0 Å². The summed E-state index contributed by atoms with van der Waals surface area (Å²) in [5.41, 5.74) is 4.01. The highest BCUT2D eigenvalue weighted by Crippen LogP contribution is 2.43. The van der Waals surface area contributed by atoms with Gasteiger partial charge in [0.1, 0.15) is 11.2 Å². The molecule has 3 aromatic carbocycles. The number of benzene rings is 3. The van der Waals surface area contributed by atoms with Gasteiger partial charge < -0.3 is 5.32 Å². The van der Waals surface area contributed by atoms with Gasteiger partial charge in [-0.25, -0.2) is 4.39 Å². The van der Waals surface area contributed by atoms with Crippen molar-refractivity contribution in [1.29, 1.82) is 0 Å². The number of carbonyl (C=O) groups excluding carboxylic acids is 2. The molecule has 1 heterocycles. The topological polar surface area (TPSA) is 49.4 Å². The summed E-state index contributed by atoms with van der Waals surface area (Å²) >= 11 is 1.60. The minimum Gasteiger partial charge on any atom is -0.322 e. The summed E-state index contributed by atoms with van der Waals surface area (Å²) < 4.78 is 13.4. The zero-order valence-corrected chi connectivity index (χ0v) is 18.0. The minimum atomic E-state index is -0.450. The lowest BCUT2D eigenvalue weighted by Crippen LogP contribution is -2.28. The van der Waals surface area contributed by atoms with E-state index < -0.39 is 5.82 Å². The third-order valence-electron chi connectivity index (χ3n) is 5.18. The monoisotopic (exact) mass is 434 g/mol. The molecule has 0 radical (unpaired) electrons. The van der Waals surface area contributed by atoms with Gasteiger partial charge in [-0.3, -0.25) is 14.5 Å². The van der Waals surface area contributed by atoms with E-state index in [0.717, 1.165) is 24.1 Å². The Morgan fingerprint density at radius 3 is 2.61 bits per heavy atom. The maximum atomic E-state index is 13.4. The maximum absolute atomic E-state index is 13.4. The number of nitrogens with zero attached hydrogens (tertiary/aromatic N) is 1. The predicted octanol–water partition coefficient (Wildman–Crippen LogP) is 5.81. The molecule has 1 saturated heterocycles. The Labute approximate surface area is 185 Å². The number of hydrogen-bond donors (Lipinski definition) is 1. The van der Waals surface area contributed by atoms with Gasteiger partial charge in [-0.05, 0) is 53.9 Å². The molecule has 0 spiro atoms. The van der Waals surface area contributed by atoms with Crippen molar-refractivity contribution in [3.05, 3.63) is 95.3 Å². The van der Waals surface area contributed by atoms with E-state index in [1.165, 1.54) is 23.8 Å². The first-order valence-electron chi connectivity index (χ1n) is 10.2. The number of halogens is 1. The molecule has 0 aromatic heterocycles. The summed E-state index contributed by atoms with van der Waals surface area (Å²) in [6.45, 7) is 2.13. The van der Waals surface area contributed by atoms with Gasteiger partial charge in [-0.1, -0.05) is 49.7 Å². The van der Waals surface area contributed by atoms with Crippen molar-refractivity contribution in [2.75, 3.05) is 16.0 Å². The lowest BCUT2D eigenvalue weighted by molar-refractivity contribution is -0.115. The number of amides is 2. The fourth-order valence-electron chi connectivity index (χ4n) is 3.72. The minimum absolute atomic E-state index is 0.0991. The lowest BCUT2D eigenvalue weighted by Gasteiger charge is -2.26. The average molecular weight is 435 g/mol. The Morgan fingerprint density at radius 2 is 1.87 bits per heavy atom. The largest absolute Gasteiger partial charge is 0.322 e. The van der Waals surface area contributed by atoms with Crippen LogP contribution in [0, 0.1) is 5.82 Å². The van der Waals surface area contributed by atoms with Crippen molar-refractivity contribution in [2.45, 2.75) is 25.1 Å². The summed E-state index contributed by atoms with van der Waals surface area (Å²) in [6, 6.07) is 21.1. The normalized spacial score (nSPS) is 15.9. The number of anilines is 2. The first-order valence-corrected chi connectivity index (χ1v) is 11.3. The van der Waals surface area contributed by atoms with E-state index in [1.54, 1.807) is 17.8 Å². The molecule has 31 heavy (non-hydrogen) atoms. The summed E-state index contributed by atoms with van der Waals surface area (Å²) in [6.07, 6.45) is 1.93. The first-order chi connectivity index (χ1) is 15.1. The Balaban J connectivity index is 1.54. The van der Waals surface area contributed by atoms with E-state index in [4.69, 9.17) is 0 Å². The third kappa shape index (κ3) is 4.64. The molecular formula is C25H23FN2O2S. The summed E-state index contributed by atoms with van der Waals surface area (Å²) in [5, 5.41) is 2.68. The van der Waals surface area contributed by atoms with Gasteiger partial charge in [0.05, 0.1) is 5.75 Å². The molecule has 0 bridgehead atoms. The molecule has 0 saturated carbocycles. The van der Waals surface area contributed by atoms with Crippen LogP contribution in [0.15, 0.2) is 72.8 Å². The number of carbonyl (C=O) groups is 2. The second-order valence-electron chi connectivity index (χ2n) is 7.39. The second-order valence-corrected chi connectivity index (χ2v) is 8.46. The van der Waals surface area contributed by atoms with Crippen LogP contribution in [0.1, 0.15) is 40.2 Å². The van der Waals surface area contributed by atoms with Crippen LogP contribution in [0.2, 0.25) is 0 Å². The van der Waals surface area contributed by atoms with Gasteiger partial charge in [0.15, 0.2) is 0 Å². The average Bonchev–Trinajstić information content (AvgIpc) is 3.16. The van der Waals surface area contributed by atoms with E-state index in [2.05, 4.69) is 18.3 Å². The highest BCUT2D eigenvalue weighted by atomic mass is 32.2. The highest BCUT2D eigenvalue weighted by molar-refractivity contribution is 8.00. The molecule has 4 rings (SSSR count). The molecule has 158 valence electrons. The third-order valence-corrected chi connectivity index (χ3v) is 6.39. The molecule has 1 fully saturated rings. The zero-order chi connectivity index (χ0) is 21.8. The van der Waals surface area contributed by atoms with Crippen molar-refractivity contribution in [2.24, 2.45) is 0 Å². The fourth-order valence-corrected chi connectivity index (χ4v) is 4.89. The van der Waals surface area contributed by atoms with E-state index in [0.29, 0.717) is 11.4 Å². The van der Waals surface area contributed by atoms with E-state index in [1.807, 2.05) is 47.4 Å². The van der Waals surface area contributed by atoms with Crippen LogP contribution in [-0.4, -0.2) is 17.6 Å². The quantitative estimate of drug-likeness (QED) is 0.533. The first kappa shape index (κ1) is 21.1. The number of rotatable bonds is 6. The number of nitrogens with one attached hydrogen (secondary N) is 1. The molecule has 2 amide bonds. The molecule has 1 aliphatic heterocycles. The van der Waals surface area contributed by atoms with Gasteiger partial charge >= 0.3 is 0 Å². The second kappa shape index (κ2) is 9.35. The standard InChI is InChI=1S/C25H23FN2O2S/c1-2-6-17-7-3-4-10-22(17)28-23(29)16-31-25(28)18-11-13-21(14-12-18)27-24(30)19-8-5-9-20(26)15-19/h3-5,7-15,25H,2,6,16H2,1H3,(H,27,30). The van der Waals surface area contributed by atoms with Gasteiger partial charge in [0.25, 0.3) is 5.91 Å². The number of thioether (sulfide) groups is 1. The molecule has 1 unspecified atom stereocenters. The Bertz CT molecular complexity index is 1100. The van der Waals surface area contributed by atoms with Crippen molar-refractivity contribution >= 4 is 35.0 Å². The molecule has 4 nitrogen and oxygen atoms in total. The molecule has 3 aromatic rings. The summed E-state index contributed by atoms with van der Waals surface area (Å²) in [5.74, 6) is -0.285. The molecular weight excluding hydrogens is 411 g/mol. The predicted molar refractivity (Wildman–Crippen MR) is 124 cm³/mol. The molecule has 1 atom stereocenters. The number of hydrogen-bond acceptors (Lipinski definition) is 3. The highest BCUT2D eigenvalue weighted by Gasteiger charge is 2.34. The van der Waals surface area contributed by atoms with Gasteiger partial charge in [0, 0.05) is 16.9 Å². The van der Waals surface area contributed by atoms with Gasteiger partial charge in [0.2, 0.25) is 5.91 Å². The molecule has 0 aliphatic carbocycles. The SMILES string of the molecule is CCCc1ccccc1N1C(=O)CSC1c1ccc(NC(=O)c2cccc(F)c2)cc1. The maximum Gasteiger partial charge on any atom is 0.255 e. The van der Waals surface area contributed by atoms with Gasteiger partial charge in [-0.2, -0.15) is 0 Å². The van der Waals surface area contributed by atoms with Crippen molar-refractivity contribution in [1.82, 2.24) is 0 Å². The van der Waals surface area contributed by atoms with Crippen LogP contribution < -0.4 is 10.2 Å². The smallest absolute Gasteiger partial charge is 0.255 e. The van der Waals surface area contributed by atoms with Gasteiger partial charge in [-0.15, -0.1) is 11.8 Å². The Kier molecular flexibility index (Phi) is 6.37. The lowest BCUT2D eigenvalue weighted by atomic mass is 10.1. The Morgan fingerprint density at radius 1 is 1.10 bits per heavy atom. The van der Waals surface area contributed by atoms with Crippen LogP contribution in [0.4, 0.5) is 15.8 Å². The van der Waals surface area contributed by atoms with Crippen LogP contribution in [0.5, 0.6) is 0 Å². The summed E-state index contributed by atoms with van der Waals surface area (Å²) in [4.78, 5) is 27.0. The number of para-hydroxylation sites is 1. The van der Waals surface area contributed by atoms with E-state index in [9.17, 15) is 14.0 Å². The fraction of sp³-hybridized carbons (Fsp3) is 0.200. The van der Waals surface area contributed by atoms with Crippen molar-refractivity contribution < 1.29 is 14.0 Å². The van der Waals surface area contributed by atoms with Crippen molar-refractivity contribution in [3.8, 4) is 0 Å². The molecule has 1 aliphatic rings. The molecule has 6 heteroatoms. The van der Waals surface area contributed by atoms with Crippen LogP contribution in [-0.2, 0) is 11.2 Å². The molecule has 1 N–H and O–H groups in total. The Hall–Kier alpha value is -3.12.